The van der Waals surface area contributed by atoms with Crippen molar-refractivity contribution in [3.05, 3.63) is 23.9 Å². The van der Waals surface area contributed by atoms with Gasteiger partial charge in [-0.15, -0.1) is 0 Å². The minimum Gasteiger partial charge on any atom is -0.356 e. The van der Waals surface area contributed by atoms with Gasteiger partial charge in [-0.25, -0.2) is 13.8 Å². The molecule has 1 saturated heterocycles. The Morgan fingerprint density at radius 2 is 2.11 bits per heavy atom. The number of nitrogens with two attached hydrogens (primary N) is 1. The maximum absolute atomic E-state index is 13.1. The molecule has 1 aromatic heterocycles. The molecule has 0 amide bonds. The molecule has 1 fully saturated rings. The second-order valence-corrected chi connectivity index (χ2v) is 4.81. The van der Waals surface area contributed by atoms with Crippen molar-refractivity contribution in [1.29, 1.82) is 0 Å². The highest BCUT2D eigenvalue weighted by Gasteiger charge is 2.34. The third-order valence-electron chi connectivity index (χ3n) is 3.46. The number of aromatic nitrogens is 1. The fraction of sp³-hybridized carbons (Fsp3) is 0.615. The Bertz CT molecular complexity index is 399. The molecule has 0 aliphatic carbocycles. The third-order valence-corrected chi connectivity index (χ3v) is 3.46. The first-order chi connectivity index (χ1) is 8.52. The van der Waals surface area contributed by atoms with Gasteiger partial charge in [0.2, 0.25) is 0 Å². The highest BCUT2D eigenvalue weighted by molar-refractivity contribution is 5.42. The molecule has 3 nitrogen and oxygen atoms in total. The van der Waals surface area contributed by atoms with Crippen LogP contribution in [-0.4, -0.2) is 24.0 Å². The summed E-state index contributed by atoms with van der Waals surface area (Å²) < 4.78 is 26.2. The van der Waals surface area contributed by atoms with Crippen molar-refractivity contribution >= 4 is 5.82 Å². The van der Waals surface area contributed by atoms with Gasteiger partial charge in [-0.05, 0) is 24.1 Å². The molecule has 1 aromatic rings. The molecular formula is C13H19F2N3. The van der Waals surface area contributed by atoms with Crippen LogP contribution in [0.2, 0.25) is 0 Å². The fourth-order valence-electron chi connectivity index (χ4n) is 2.14. The van der Waals surface area contributed by atoms with E-state index in [1.165, 1.54) is 0 Å². The van der Waals surface area contributed by atoms with E-state index in [-0.39, 0.29) is 18.9 Å². The van der Waals surface area contributed by atoms with E-state index >= 15 is 0 Å². The maximum Gasteiger partial charge on any atom is 0.251 e. The van der Waals surface area contributed by atoms with E-state index in [9.17, 15) is 8.78 Å². The van der Waals surface area contributed by atoms with Crippen LogP contribution >= 0.6 is 0 Å². The van der Waals surface area contributed by atoms with Gasteiger partial charge in [-0.3, -0.25) is 0 Å². The van der Waals surface area contributed by atoms with Crippen LogP contribution in [-0.2, 0) is 0 Å². The number of hydrogen-bond donors (Lipinski definition) is 1. The van der Waals surface area contributed by atoms with Gasteiger partial charge in [0.15, 0.2) is 0 Å². The van der Waals surface area contributed by atoms with E-state index < -0.39 is 5.92 Å². The minimum atomic E-state index is -2.52. The van der Waals surface area contributed by atoms with Gasteiger partial charge in [0, 0.05) is 38.2 Å². The second kappa shape index (κ2) is 5.18. The number of pyridine rings is 1. The SMILES string of the molecule is CC[C@H](N)c1ccnc(N2CCC(F)(F)CC2)c1. The summed E-state index contributed by atoms with van der Waals surface area (Å²) in [4.78, 5) is 6.16. The summed E-state index contributed by atoms with van der Waals surface area (Å²) in [7, 11) is 0. The van der Waals surface area contributed by atoms with Crippen molar-refractivity contribution in [2.24, 2.45) is 5.73 Å². The molecule has 2 rings (SSSR count). The number of alkyl halides is 2. The van der Waals surface area contributed by atoms with Crippen LogP contribution in [0, 0.1) is 0 Å². The number of nitrogens with zero attached hydrogens (tertiary/aromatic N) is 2. The van der Waals surface area contributed by atoms with Gasteiger partial charge >= 0.3 is 0 Å². The number of hydrogen-bond acceptors (Lipinski definition) is 3. The molecule has 0 aromatic carbocycles. The summed E-state index contributed by atoms with van der Waals surface area (Å²) in [6.07, 6.45) is 2.35. The van der Waals surface area contributed by atoms with Crippen LogP contribution in [0.3, 0.4) is 0 Å². The third kappa shape index (κ3) is 2.96. The summed E-state index contributed by atoms with van der Waals surface area (Å²) in [6.45, 7) is 2.72. The van der Waals surface area contributed by atoms with Gasteiger partial charge in [0.25, 0.3) is 5.92 Å². The molecule has 100 valence electrons. The Hall–Kier alpha value is -1.23. The van der Waals surface area contributed by atoms with Crippen LogP contribution < -0.4 is 10.6 Å². The quantitative estimate of drug-likeness (QED) is 0.903. The smallest absolute Gasteiger partial charge is 0.251 e. The van der Waals surface area contributed by atoms with E-state index in [1.807, 2.05) is 24.0 Å². The number of rotatable bonds is 3. The predicted molar refractivity (Wildman–Crippen MR) is 67.9 cm³/mol. The van der Waals surface area contributed by atoms with Gasteiger partial charge in [0.05, 0.1) is 0 Å². The molecular weight excluding hydrogens is 236 g/mol. The molecule has 2 N–H and O–H groups in total. The topological polar surface area (TPSA) is 42.1 Å². The minimum absolute atomic E-state index is 0.0158. The number of piperidine rings is 1. The fourth-order valence-corrected chi connectivity index (χ4v) is 2.14. The van der Waals surface area contributed by atoms with Crippen LogP contribution in [0.25, 0.3) is 0 Å². The average Bonchev–Trinajstić information content (AvgIpc) is 2.38. The predicted octanol–water partition coefficient (Wildman–Crippen LogP) is 2.73. The van der Waals surface area contributed by atoms with E-state index in [1.54, 1.807) is 6.20 Å². The van der Waals surface area contributed by atoms with Crippen molar-refractivity contribution in [3.63, 3.8) is 0 Å². The lowest BCUT2D eigenvalue weighted by molar-refractivity contribution is -0.0221. The van der Waals surface area contributed by atoms with E-state index in [0.29, 0.717) is 13.1 Å². The van der Waals surface area contributed by atoms with Crippen LogP contribution in [0.15, 0.2) is 18.3 Å². The molecule has 18 heavy (non-hydrogen) atoms. The molecule has 1 aliphatic heterocycles. The van der Waals surface area contributed by atoms with Crippen molar-refractivity contribution in [2.75, 3.05) is 18.0 Å². The Morgan fingerprint density at radius 1 is 1.44 bits per heavy atom. The molecule has 1 aliphatic rings. The maximum atomic E-state index is 13.1. The Labute approximate surface area is 106 Å². The molecule has 0 unspecified atom stereocenters. The zero-order chi connectivity index (χ0) is 13.2. The van der Waals surface area contributed by atoms with Gasteiger partial charge in [-0.2, -0.15) is 0 Å². The molecule has 0 spiro atoms. The van der Waals surface area contributed by atoms with Crippen LogP contribution in [0.1, 0.15) is 37.8 Å². The lowest BCUT2D eigenvalue weighted by Gasteiger charge is -2.32. The Balaban J connectivity index is 2.10. The van der Waals surface area contributed by atoms with Gasteiger partial charge < -0.3 is 10.6 Å². The summed E-state index contributed by atoms with van der Waals surface area (Å²) in [6, 6.07) is 3.78. The summed E-state index contributed by atoms with van der Waals surface area (Å²) >= 11 is 0. The van der Waals surface area contributed by atoms with Gasteiger partial charge in [-0.1, -0.05) is 6.92 Å². The van der Waals surface area contributed by atoms with Crippen molar-refractivity contribution < 1.29 is 8.78 Å². The molecule has 1 atom stereocenters. The van der Waals surface area contributed by atoms with E-state index in [4.69, 9.17) is 5.73 Å². The molecule has 0 saturated carbocycles. The summed E-state index contributed by atoms with van der Waals surface area (Å²) in [5.41, 5.74) is 6.98. The highest BCUT2D eigenvalue weighted by Crippen LogP contribution is 2.30. The Kier molecular flexibility index (Phi) is 3.80. The number of anilines is 1. The average molecular weight is 255 g/mol. The first-order valence-electron chi connectivity index (χ1n) is 6.36. The van der Waals surface area contributed by atoms with Crippen molar-refractivity contribution in [2.45, 2.75) is 38.2 Å². The van der Waals surface area contributed by atoms with Crippen LogP contribution in [0.4, 0.5) is 14.6 Å². The summed E-state index contributed by atoms with van der Waals surface area (Å²) in [5, 5.41) is 0. The molecule has 0 bridgehead atoms. The van der Waals surface area contributed by atoms with Crippen molar-refractivity contribution in [3.8, 4) is 0 Å². The molecule has 2 heterocycles. The van der Waals surface area contributed by atoms with Gasteiger partial charge in [0.1, 0.15) is 5.82 Å². The first-order valence-corrected chi connectivity index (χ1v) is 6.36. The van der Waals surface area contributed by atoms with E-state index in [2.05, 4.69) is 4.98 Å². The molecule has 0 radical (unpaired) electrons. The number of halogens is 2. The highest BCUT2D eigenvalue weighted by atomic mass is 19.3. The normalized spacial score (nSPS) is 20.8. The lowest BCUT2D eigenvalue weighted by atomic mass is 10.0. The van der Waals surface area contributed by atoms with Crippen molar-refractivity contribution in [1.82, 2.24) is 4.98 Å². The Morgan fingerprint density at radius 3 is 2.72 bits per heavy atom. The van der Waals surface area contributed by atoms with Crippen LogP contribution in [0.5, 0.6) is 0 Å². The zero-order valence-electron chi connectivity index (χ0n) is 10.6. The largest absolute Gasteiger partial charge is 0.356 e. The first kappa shape index (κ1) is 13.2. The second-order valence-electron chi connectivity index (χ2n) is 4.81. The molecule has 5 heteroatoms. The monoisotopic (exact) mass is 255 g/mol. The zero-order valence-corrected chi connectivity index (χ0v) is 10.6. The summed E-state index contributed by atoms with van der Waals surface area (Å²) in [5.74, 6) is -1.76. The lowest BCUT2D eigenvalue weighted by Crippen LogP contribution is -2.39. The standard InChI is InChI=1S/C13H19F2N3/c1-2-11(16)10-3-6-17-12(9-10)18-7-4-13(14,15)5-8-18/h3,6,9,11H,2,4-5,7-8,16H2,1H3/t11-/m0/s1. The van der Waals surface area contributed by atoms with E-state index in [0.717, 1.165) is 17.8 Å².